The molecule has 0 amide bonds. The van der Waals surface area contributed by atoms with Crippen LogP contribution in [0.3, 0.4) is 0 Å². The van der Waals surface area contributed by atoms with Gasteiger partial charge in [-0.05, 0) is 54.9 Å². The Bertz CT molecular complexity index is 1080. The van der Waals surface area contributed by atoms with Crippen molar-refractivity contribution in [2.45, 2.75) is 44.6 Å². The molecule has 2 aromatic heterocycles. The van der Waals surface area contributed by atoms with Crippen molar-refractivity contribution in [2.24, 2.45) is 5.92 Å². The van der Waals surface area contributed by atoms with Crippen LogP contribution in [0.5, 0.6) is 0 Å². The number of rotatable bonds is 4. The second-order valence-corrected chi connectivity index (χ2v) is 8.05. The van der Waals surface area contributed by atoms with E-state index in [1.807, 2.05) is 0 Å². The van der Waals surface area contributed by atoms with Crippen molar-refractivity contribution in [1.82, 2.24) is 14.5 Å². The highest BCUT2D eigenvalue weighted by Gasteiger charge is 2.28. The number of ether oxygens (including phenoxy) is 1. The predicted octanol–water partition coefficient (Wildman–Crippen LogP) is 4.71. The maximum atomic E-state index is 11.5. The molecular formula is C24H25N3O2. The van der Waals surface area contributed by atoms with Crippen LogP contribution in [0.2, 0.25) is 0 Å². The lowest BCUT2D eigenvalue weighted by Gasteiger charge is -2.21. The average molecular weight is 387 g/mol. The third-order valence-corrected chi connectivity index (χ3v) is 6.28. The van der Waals surface area contributed by atoms with Gasteiger partial charge in [0.25, 0.3) is 0 Å². The number of benzene rings is 1. The van der Waals surface area contributed by atoms with Gasteiger partial charge >= 0.3 is 5.97 Å². The molecule has 3 heterocycles. The van der Waals surface area contributed by atoms with Crippen LogP contribution in [0, 0.1) is 5.92 Å². The van der Waals surface area contributed by atoms with E-state index in [9.17, 15) is 4.79 Å². The molecule has 0 saturated heterocycles. The monoisotopic (exact) mass is 387 g/mol. The van der Waals surface area contributed by atoms with Crippen LogP contribution in [0.15, 0.2) is 48.5 Å². The number of pyridine rings is 1. The van der Waals surface area contributed by atoms with Crippen molar-refractivity contribution < 1.29 is 9.53 Å². The molecular weight excluding hydrogens is 362 g/mol. The Morgan fingerprint density at radius 2 is 1.97 bits per heavy atom. The van der Waals surface area contributed by atoms with Crippen LogP contribution in [0.4, 0.5) is 0 Å². The standard InChI is InChI=1S/C24H25N3O2/c1-29-23(28)15-16-7-9-17(10-8-16)19-11-12-20-24(26-19)27-21(13-14-22(27)25-20)18-5-3-2-4-6-18/h2-6,9,11-12,16,21H,7-8,10,13-15H2,1H3/t16?,21-/m1/s1. The summed E-state index contributed by atoms with van der Waals surface area (Å²) in [4.78, 5) is 21.4. The quantitative estimate of drug-likeness (QED) is 0.608. The smallest absolute Gasteiger partial charge is 0.305 e. The van der Waals surface area contributed by atoms with Crippen LogP contribution in [-0.2, 0) is 16.0 Å². The maximum absolute atomic E-state index is 11.5. The zero-order valence-electron chi connectivity index (χ0n) is 16.7. The van der Waals surface area contributed by atoms with E-state index in [1.54, 1.807) is 0 Å². The summed E-state index contributed by atoms with van der Waals surface area (Å²) in [5, 5.41) is 0. The number of hydrogen-bond donors (Lipinski definition) is 0. The van der Waals surface area contributed by atoms with E-state index >= 15 is 0 Å². The van der Waals surface area contributed by atoms with E-state index in [0.717, 1.165) is 54.8 Å². The summed E-state index contributed by atoms with van der Waals surface area (Å²) in [5.74, 6) is 1.39. The van der Waals surface area contributed by atoms with E-state index in [1.165, 1.54) is 18.2 Å². The number of nitrogens with zero attached hydrogens (tertiary/aromatic N) is 3. The molecule has 1 aliphatic heterocycles. The highest BCUT2D eigenvalue weighted by molar-refractivity contribution is 5.77. The van der Waals surface area contributed by atoms with Crippen LogP contribution in [-0.4, -0.2) is 27.6 Å². The zero-order chi connectivity index (χ0) is 19.8. The van der Waals surface area contributed by atoms with Crippen molar-refractivity contribution in [3.63, 3.8) is 0 Å². The summed E-state index contributed by atoms with van der Waals surface area (Å²) in [5.41, 5.74) is 5.60. The Balaban J connectivity index is 1.45. The van der Waals surface area contributed by atoms with Gasteiger partial charge in [-0.3, -0.25) is 4.79 Å². The number of aryl methyl sites for hydroxylation is 1. The summed E-state index contributed by atoms with van der Waals surface area (Å²) < 4.78 is 7.14. The van der Waals surface area contributed by atoms with Crippen molar-refractivity contribution in [3.05, 3.63) is 65.6 Å². The van der Waals surface area contributed by atoms with Gasteiger partial charge in [-0.25, -0.2) is 9.97 Å². The average Bonchev–Trinajstić information content (AvgIpc) is 3.34. The fraction of sp³-hybridized carbons (Fsp3) is 0.375. The number of carbonyl (C=O) groups excluding carboxylic acids is 1. The molecule has 0 fully saturated rings. The normalized spacial score (nSPS) is 21.1. The maximum Gasteiger partial charge on any atom is 0.305 e. The molecule has 0 N–H and O–H groups in total. The summed E-state index contributed by atoms with van der Waals surface area (Å²) in [6.07, 6.45) is 7.67. The Hall–Kier alpha value is -2.95. The number of carbonyl (C=O) groups is 1. The molecule has 0 saturated carbocycles. The molecule has 5 heteroatoms. The molecule has 2 atom stereocenters. The second kappa shape index (κ2) is 7.47. The van der Waals surface area contributed by atoms with E-state index in [0.29, 0.717) is 18.4 Å². The first kappa shape index (κ1) is 18.1. The number of methoxy groups -OCH3 is 1. The highest BCUT2D eigenvalue weighted by atomic mass is 16.5. The first-order valence-electron chi connectivity index (χ1n) is 10.4. The lowest BCUT2D eigenvalue weighted by atomic mass is 9.86. The minimum Gasteiger partial charge on any atom is -0.469 e. The van der Waals surface area contributed by atoms with Gasteiger partial charge in [0.1, 0.15) is 11.3 Å². The number of fused-ring (bicyclic) bond motifs is 3. The van der Waals surface area contributed by atoms with Gasteiger partial charge in [0.05, 0.1) is 18.8 Å². The Kier molecular flexibility index (Phi) is 4.66. The molecule has 2 aliphatic rings. The fourth-order valence-corrected chi connectivity index (χ4v) is 4.71. The molecule has 1 unspecified atom stereocenters. The van der Waals surface area contributed by atoms with Gasteiger partial charge in [-0.2, -0.15) is 0 Å². The molecule has 0 spiro atoms. The van der Waals surface area contributed by atoms with Crippen LogP contribution in [0.1, 0.15) is 55.2 Å². The summed E-state index contributed by atoms with van der Waals surface area (Å²) in [6, 6.07) is 15.2. The SMILES string of the molecule is COC(=O)CC1CC=C(c2ccc3nc4n(c3n2)[C@@H](c2ccccc2)CC4)CC1. The number of aromatic nitrogens is 3. The highest BCUT2D eigenvalue weighted by Crippen LogP contribution is 2.36. The summed E-state index contributed by atoms with van der Waals surface area (Å²) in [6.45, 7) is 0. The van der Waals surface area contributed by atoms with Gasteiger partial charge in [0.15, 0.2) is 5.65 Å². The molecule has 29 heavy (non-hydrogen) atoms. The Labute approximate surface area is 170 Å². The van der Waals surface area contributed by atoms with E-state index in [-0.39, 0.29) is 5.97 Å². The third kappa shape index (κ3) is 3.35. The van der Waals surface area contributed by atoms with Crippen LogP contribution < -0.4 is 0 Å². The first-order valence-corrected chi connectivity index (χ1v) is 10.4. The number of imidazole rings is 1. The van der Waals surface area contributed by atoms with Crippen molar-refractivity contribution in [3.8, 4) is 0 Å². The molecule has 1 aromatic carbocycles. The minimum absolute atomic E-state index is 0.117. The first-order chi connectivity index (χ1) is 14.2. The number of allylic oxidation sites excluding steroid dienone is 2. The zero-order valence-corrected chi connectivity index (χ0v) is 16.7. The summed E-state index contributed by atoms with van der Waals surface area (Å²) in [7, 11) is 1.46. The number of esters is 1. The van der Waals surface area contributed by atoms with Crippen LogP contribution >= 0.6 is 0 Å². The van der Waals surface area contributed by atoms with E-state index in [2.05, 4.69) is 53.1 Å². The van der Waals surface area contributed by atoms with Gasteiger partial charge in [-0.1, -0.05) is 36.4 Å². The number of hydrogen-bond acceptors (Lipinski definition) is 4. The molecule has 148 valence electrons. The minimum atomic E-state index is -0.117. The van der Waals surface area contributed by atoms with Crippen molar-refractivity contribution in [2.75, 3.05) is 7.11 Å². The van der Waals surface area contributed by atoms with Crippen LogP contribution in [0.25, 0.3) is 16.7 Å². The van der Waals surface area contributed by atoms with Crippen molar-refractivity contribution >= 4 is 22.7 Å². The van der Waals surface area contributed by atoms with Gasteiger partial charge in [-0.15, -0.1) is 0 Å². The Morgan fingerprint density at radius 1 is 1.10 bits per heavy atom. The lowest BCUT2D eigenvalue weighted by molar-refractivity contribution is -0.141. The van der Waals surface area contributed by atoms with Gasteiger partial charge in [0.2, 0.25) is 0 Å². The van der Waals surface area contributed by atoms with E-state index < -0.39 is 0 Å². The Morgan fingerprint density at radius 3 is 2.72 bits per heavy atom. The largest absolute Gasteiger partial charge is 0.469 e. The molecule has 1 aliphatic carbocycles. The molecule has 0 bridgehead atoms. The van der Waals surface area contributed by atoms with Crippen molar-refractivity contribution in [1.29, 1.82) is 0 Å². The molecule has 5 rings (SSSR count). The second-order valence-electron chi connectivity index (χ2n) is 8.05. The topological polar surface area (TPSA) is 57.0 Å². The van der Waals surface area contributed by atoms with Gasteiger partial charge in [0, 0.05) is 12.8 Å². The van der Waals surface area contributed by atoms with E-state index in [4.69, 9.17) is 14.7 Å². The predicted molar refractivity (Wildman–Crippen MR) is 112 cm³/mol. The molecule has 0 radical (unpaired) electrons. The summed E-state index contributed by atoms with van der Waals surface area (Å²) >= 11 is 0. The fourth-order valence-electron chi connectivity index (χ4n) is 4.71. The molecule has 3 aromatic rings. The molecule has 5 nitrogen and oxygen atoms in total. The third-order valence-electron chi connectivity index (χ3n) is 6.28. The van der Waals surface area contributed by atoms with Gasteiger partial charge < -0.3 is 9.30 Å². The lowest BCUT2D eigenvalue weighted by Crippen LogP contribution is -2.13.